The number of carbonyl (C=O) groups is 2. The highest BCUT2D eigenvalue weighted by Crippen LogP contribution is 2.33. The summed E-state index contributed by atoms with van der Waals surface area (Å²) in [5.41, 5.74) is 2.44. The van der Waals surface area contributed by atoms with Crippen LogP contribution in [0.2, 0.25) is 0 Å². The molecule has 9 heteroatoms. The normalized spacial score (nSPS) is 15.6. The van der Waals surface area contributed by atoms with E-state index in [4.69, 9.17) is 4.74 Å². The van der Waals surface area contributed by atoms with Crippen LogP contribution in [-0.4, -0.2) is 50.1 Å². The second kappa shape index (κ2) is 9.17. The van der Waals surface area contributed by atoms with Gasteiger partial charge < -0.3 is 15.0 Å². The number of hydrogen-bond donors (Lipinski definition) is 1. The fourth-order valence-electron chi connectivity index (χ4n) is 3.93. The van der Waals surface area contributed by atoms with Crippen LogP contribution in [0.5, 0.6) is 5.75 Å². The van der Waals surface area contributed by atoms with Crippen molar-refractivity contribution in [2.75, 3.05) is 13.7 Å². The van der Waals surface area contributed by atoms with Gasteiger partial charge in [-0.2, -0.15) is 5.10 Å². The highest BCUT2D eigenvalue weighted by atomic mass is 16.5. The van der Waals surface area contributed by atoms with Crippen LogP contribution >= 0.6 is 0 Å². The van der Waals surface area contributed by atoms with Gasteiger partial charge in [0.15, 0.2) is 0 Å². The summed E-state index contributed by atoms with van der Waals surface area (Å²) in [4.78, 5) is 36.7. The molecule has 1 aliphatic rings. The van der Waals surface area contributed by atoms with E-state index in [9.17, 15) is 9.59 Å². The van der Waals surface area contributed by atoms with Gasteiger partial charge in [-0.25, -0.2) is 9.97 Å². The van der Waals surface area contributed by atoms with Gasteiger partial charge in [0.05, 0.1) is 36.2 Å². The van der Waals surface area contributed by atoms with Crippen LogP contribution in [0, 0.1) is 6.92 Å². The zero-order valence-electron chi connectivity index (χ0n) is 18.4. The Balaban J connectivity index is 1.55. The lowest BCUT2D eigenvalue weighted by atomic mass is 10.0. The predicted octanol–water partition coefficient (Wildman–Crippen LogP) is 2.43. The SMILES string of the molecule is COc1ccc(CNC(=O)c2cnc(C)nc2[C@H]2CCCN2C(=O)c2cnn(C)c2)cc1. The Kier molecular flexibility index (Phi) is 6.16. The Bertz CT molecular complexity index is 1130. The first-order valence-electron chi connectivity index (χ1n) is 10.5. The molecule has 4 rings (SSSR count). The average molecular weight is 435 g/mol. The minimum absolute atomic E-state index is 0.110. The van der Waals surface area contributed by atoms with E-state index in [1.54, 1.807) is 49.3 Å². The van der Waals surface area contributed by atoms with Gasteiger partial charge in [0.25, 0.3) is 11.8 Å². The van der Waals surface area contributed by atoms with Crippen molar-refractivity contribution >= 4 is 11.8 Å². The molecule has 2 amide bonds. The predicted molar refractivity (Wildman–Crippen MR) is 117 cm³/mol. The molecule has 166 valence electrons. The van der Waals surface area contributed by atoms with Crippen molar-refractivity contribution in [2.24, 2.45) is 7.05 Å². The molecule has 1 aliphatic heterocycles. The third-order valence-electron chi connectivity index (χ3n) is 5.58. The third kappa shape index (κ3) is 4.46. The van der Waals surface area contributed by atoms with E-state index >= 15 is 0 Å². The Hall–Kier alpha value is -3.75. The highest BCUT2D eigenvalue weighted by Gasteiger charge is 2.34. The first-order valence-corrected chi connectivity index (χ1v) is 10.5. The van der Waals surface area contributed by atoms with E-state index in [1.165, 1.54) is 0 Å². The van der Waals surface area contributed by atoms with E-state index in [-0.39, 0.29) is 17.9 Å². The van der Waals surface area contributed by atoms with Crippen LogP contribution in [0.3, 0.4) is 0 Å². The van der Waals surface area contributed by atoms with Crippen molar-refractivity contribution in [3.8, 4) is 5.75 Å². The molecule has 0 unspecified atom stereocenters. The molecule has 3 heterocycles. The van der Waals surface area contributed by atoms with Crippen molar-refractivity contribution in [3.63, 3.8) is 0 Å². The Morgan fingerprint density at radius 2 is 2.00 bits per heavy atom. The van der Waals surface area contributed by atoms with Crippen molar-refractivity contribution < 1.29 is 14.3 Å². The fraction of sp³-hybridized carbons (Fsp3) is 0.348. The van der Waals surface area contributed by atoms with E-state index in [1.807, 2.05) is 24.3 Å². The van der Waals surface area contributed by atoms with Crippen LogP contribution in [-0.2, 0) is 13.6 Å². The van der Waals surface area contributed by atoms with Gasteiger partial charge in [-0.3, -0.25) is 14.3 Å². The summed E-state index contributed by atoms with van der Waals surface area (Å²) in [6, 6.07) is 7.21. The number of aromatic nitrogens is 4. The first kappa shape index (κ1) is 21.5. The van der Waals surface area contributed by atoms with Gasteiger partial charge in [-0.15, -0.1) is 0 Å². The quantitative estimate of drug-likeness (QED) is 0.639. The van der Waals surface area contributed by atoms with Gasteiger partial charge >= 0.3 is 0 Å². The van der Waals surface area contributed by atoms with Crippen LogP contribution in [0.25, 0.3) is 0 Å². The number of amides is 2. The second-order valence-corrected chi connectivity index (χ2v) is 7.81. The molecule has 0 saturated carbocycles. The summed E-state index contributed by atoms with van der Waals surface area (Å²) in [5, 5.41) is 7.04. The zero-order chi connectivity index (χ0) is 22.7. The van der Waals surface area contributed by atoms with Crippen molar-refractivity contribution in [3.05, 3.63) is 71.1 Å². The molecule has 1 aromatic carbocycles. The van der Waals surface area contributed by atoms with Crippen LogP contribution in [0.15, 0.2) is 42.9 Å². The average Bonchev–Trinajstić information content (AvgIpc) is 3.46. The van der Waals surface area contributed by atoms with Crippen molar-refractivity contribution in [1.82, 2.24) is 30.0 Å². The number of nitrogens with zero attached hydrogens (tertiary/aromatic N) is 5. The minimum Gasteiger partial charge on any atom is -0.497 e. The molecule has 0 aliphatic carbocycles. The molecular formula is C23H26N6O3. The molecule has 1 saturated heterocycles. The lowest BCUT2D eigenvalue weighted by Crippen LogP contribution is -2.33. The number of aryl methyl sites for hydroxylation is 2. The van der Waals surface area contributed by atoms with E-state index in [0.29, 0.717) is 35.7 Å². The summed E-state index contributed by atoms with van der Waals surface area (Å²) < 4.78 is 6.77. The number of carbonyl (C=O) groups excluding carboxylic acids is 2. The van der Waals surface area contributed by atoms with Crippen molar-refractivity contribution in [1.29, 1.82) is 0 Å². The number of rotatable bonds is 6. The summed E-state index contributed by atoms with van der Waals surface area (Å²) in [6.07, 6.45) is 6.39. The number of ether oxygens (including phenoxy) is 1. The molecule has 0 bridgehead atoms. The van der Waals surface area contributed by atoms with Crippen LogP contribution < -0.4 is 10.1 Å². The molecule has 2 aromatic heterocycles. The maximum absolute atomic E-state index is 13.1. The standard InChI is InChI=1S/C23H26N6O3/c1-15-24-13-19(22(30)25-11-16-6-8-18(32-3)9-7-16)21(27-15)20-5-4-10-29(20)23(31)17-12-26-28(2)14-17/h6-9,12-14,20H,4-5,10-11H2,1-3H3,(H,25,30)/t20-/m1/s1. The zero-order valence-corrected chi connectivity index (χ0v) is 18.4. The van der Waals surface area contributed by atoms with Crippen LogP contribution in [0.4, 0.5) is 0 Å². The lowest BCUT2D eigenvalue weighted by Gasteiger charge is -2.25. The molecule has 1 atom stereocenters. The molecule has 32 heavy (non-hydrogen) atoms. The first-order chi connectivity index (χ1) is 15.5. The number of hydrogen-bond acceptors (Lipinski definition) is 6. The summed E-state index contributed by atoms with van der Waals surface area (Å²) in [7, 11) is 3.39. The van der Waals surface area contributed by atoms with Gasteiger partial charge in [0, 0.05) is 32.5 Å². The number of nitrogens with one attached hydrogen (secondary N) is 1. The lowest BCUT2D eigenvalue weighted by molar-refractivity contribution is 0.0729. The molecule has 0 radical (unpaired) electrons. The second-order valence-electron chi connectivity index (χ2n) is 7.81. The minimum atomic E-state index is -0.286. The molecule has 3 aromatic rings. The van der Waals surface area contributed by atoms with Gasteiger partial charge in [0.2, 0.25) is 0 Å². The summed E-state index contributed by atoms with van der Waals surface area (Å²) >= 11 is 0. The number of likely N-dealkylation sites (tertiary alicyclic amines) is 1. The summed E-state index contributed by atoms with van der Waals surface area (Å²) in [5.74, 6) is 0.944. The molecule has 1 N–H and O–H groups in total. The van der Waals surface area contributed by atoms with E-state index < -0.39 is 0 Å². The largest absolute Gasteiger partial charge is 0.497 e. The fourth-order valence-corrected chi connectivity index (χ4v) is 3.93. The monoisotopic (exact) mass is 434 g/mol. The third-order valence-corrected chi connectivity index (χ3v) is 5.58. The summed E-state index contributed by atoms with van der Waals surface area (Å²) in [6.45, 7) is 2.75. The highest BCUT2D eigenvalue weighted by molar-refractivity contribution is 5.96. The maximum Gasteiger partial charge on any atom is 0.257 e. The van der Waals surface area contributed by atoms with Gasteiger partial charge in [-0.1, -0.05) is 12.1 Å². The smallest absolute Gasteiger partial charge is 0.257 e. The molecule has 1 fully saturated rings. The molecular weight excluding hydrogens is 408 g/mol. The Morgan fingerprint density at radius 1 is 1.22 bits per heavy atom. The van der Waals surface area contributed by atoms with Crippen LogP contribution in [0.1, 0.15) is 56.7 Å². The topological polar surface area (TPSA) is 102 Å². The molecule has 0 spiro atoms. The Morgan fingerprint density at radius 3 is 2.69 bits per heavy atom. The maximum atomic E-state index is 13.1. The van der Waals surface area contributed by atoms with Gasteiger partial charge in [0.1, 0.15) is 11.6 Å². The number of methoxy groups -OCH3 is 1. The van der Waals surface area contributed by atoms with Crippen molar-refractivity contribution in [2.45, 2.75) is 32.4 Å². The van der Waals surface area contributed by atoms with E-state index in [0.717, 1.165) is 24.2 Å². The molecule has 9 nitrogen and oxygen atoms in total. The Labute approximate surface area is 186 Å². The van der Waals surface area contributed by atoms with E-state index in [2.05, 4.69) is 20.4 Å². The number of benzene rings is 1. The van der Waals surface area contributed by atoms with Gasteiger partial charge in [-0.05, 0) is 37.5 Å².